The molecule has 20 heavy (non-hydrogen) atoms. The fraction of sp³-hybridized carbons (Fsp3) is 0.294. The lowest BCUT2D eigenvalue weighted by Crippen LogP contribution is -2.38. The molecule has 0 bridgehead atoms. The summed E-state index contributed by atoms with van der Waals surface area (Å²) in [5, 5.41) is 1.39. The SMILES string of the molecule is c1ccc2c3c([nH]c2c1)CN1CCc2occc2[C@@H]1C3. The molecular formula is C17H16N2O. The van der Waals surface area contributed by atoms with Crippen LogP contribution in [0.15, 0.2) is 41.0 Å². The second kappa shape index (κ2) is 3.76. The van der Waals surface area contributed by atoms with Gasteiger partial charge in [-0.1, -0.05) is 18.2 Å². The predicted molar refractivity (Wildman–Crippen MR) is 77.6 cm³/mol. The molecule has 0 saturated heterocycles. The van der Waals surface area contributed by atoms with Crippen molar-refractivity contribution in [2.24, 2.45) is 0 Å². The Morgan fingerprint density at radius 3 is 3.15 bits per heavy atom. The maximum atomic E-state index is 5.63. The van der Waals surface area contributed by atoms with Gasteiger partial charge in [0, 0.05) is 47.7 Å². The van der Waals surface area contributed by atoms with Crippen LogP contribution in [0.1, 0.15) is 28.6 Å². The molecule has 3 aromatic rings. The Bertz CT molecular complexity index is 798. The average Bonchev–Trinajstić information content (AvgIpc) is 3.09. The van der Waals surface area contributed by atoms with Gasteiger partial charge in [-0.25, -0.2) is 0 Å². The molecule has 100 valence electrons. The van der Waals surface area contributed by atoms with E-state index in [4.69, 9.17) is 4.42 Å². The maximum absolute atomic E-state index is 5.63. The highest BCUT2D eigenvalue weighted by Gasteiger charge is 2.34. The molecule has 1 aromatic carbocycles. The molecule has 0 saturated carbocycles. The zero-order valence-corrected chi connectivity index (χ0v) is 11.2. The molecule has 0 unspecified atom stereocenters. The van der Waals surface area contributed by atoms with Crippen LogP contribution in [0.4, 0.5) is 0 Å². The normalized spacial score (nSPS) is 21.5. The van der Waals surface area contributed by atoms with Gasteiger partial charge in [0.25, 0.3) is 0 Å². The lowest BCUT2D eigenvalue weighted by atomic mass is 9.89. The fourth-order valence-electron chi connectivity index (χ4n) is 3.90. The molecule has 3 nitrogen and oxygen atoms in total. The summed E-state index contributed by atoms with van der Waals surface area (Å²) in [7, 11) is 0. The van der Waals surface area contributed by atoms with Crippen molar-refractivity contribution in [1.82, 2.24) is 9.88 Å². The van der Waals surface area contributed by atoms with Crippen molar-refractivity contribution >= 4 is 10.9 Å². The van der Waals surface area contributed by atoms with Gasteiger partial charge in [0.15, 0.2) is 0 Å². The molecule has 2 aromatic heterocycles. The number of aromatic amines is 1. The summed E-state index contributed by atoms with van der Waals surface area (Å²) in [6, 6.07) is 11.3. The molecule has 0 aliphatic carbocycles. The van der Waals surface area contributed by atoms with Crippen molar-refractivity contribution in [3.05, 3.63) is 59.2 Å². The summed E-state index contributed by atoms with van der Waals surface area (Å²) in [6.07, 6.45) is 3.97. The molecule has 5 rings (SSSR count). The Balaban J connectivity index is 1.68. The molecule has 1 atom stereocenters. The number of nitrogens with zero attached hydrogens (tertiary/aromatic N) is 1. The van der Waals surface area contributed by atoms with Gasteiger partial charge >= 0.3 is 0 Å². The second-order valence-corrected chi connectivity index (χ2v) is 5.87. The van der Waals surface area contributed by atoms with E-state index < -0.39 is 0 Å². The molecule has 2 aliphatic heterocycles. The van der Waals surface area contributed by atoms with Gasteiger partial charge in [-0.2, -0.15) is 0 Å². The first-order valence-electron chi connectivity index (χ1n) is 7.29. The van der Waals surface area contributed by atoms with Gasteiger partial charge in [0.05, 0.1) is 6.26 Å². The molecule has 0 amide bonds. The summed E-state index contributed by atoms with van der Waals surface area (Å²) in [5.41, 5.74) is 5.56. The summed E-state index contributed by atoms with van der Waals surface area (Å²) in [4.78, 5) is 6.18. The summed E-state index contributed by atoms with van der Waals surface area (Å²) in [5.74, 6) is 1.19. The largest absolute Gasteiger partial charge is 0.469 e. The first-order valence-corrected chi connectivity index (χ1v) is 7.29. The monoisotopic (exact) mass is 264 g/mol. The Hall–Kier alpha value is -2.00. The third-order valence-corrected chi connectivity index (χ3v) is 4.87. The Kier molecular flexibility index (Phi) is 2.02. The minimum atomic E-state index is 0.490. The van der Waals surface area contributed by atoms with Gasteiger partial charge in [-0.15, -0.1) is 0 Å². The number of H-pyrrole nitrogens is 1. The quantitative estimate of drug-likeness (QED) is 0.674. The van der Waals surface area contributed by atoms with Gasteiger partial charge in [0.1, 0.15) is 5.76 Å². The van der Waals surface area contributed by atoms with E-state index in [9.17, 15) is 0 Å². The summed E-state index contributed by atoms with van der Waals surface area (Å²) < 4.78 is 5.63. The summed E-state index contributed by atoms with van der Waals surface area (Å²) in [6.45, 7) is 2.12. The molecule has 2 aliphatic rings. The van der Waals surface area contributed by atoms with Gasteiger partial charge < -0.3 is 9.40 Å². The Labute approximate surface area is 117 Å². The van der Waals surface area contributed by atoms with E-state index in [2.05, 4.69) is 40.2 Å². The highest BCUT2D eigenvalue weighted by molar-refractivity contribution is 5.85. The van der Waals surface area contributed by atoms with Crippen molar-refractivity contribution in [3.8, 4) is 0 Å². The topological polar surface area (TPSA) is 32.2 Å². The summed E-state index contributed by atoms with van der Waals surface area (Å²) >= 11 is 0. The molecular weight excluding hydrogens is 248 g/mol. The first kappa shape index (κ1) is 10.7. The number of benzene rings is 1. The third kappa shape index (κ3) is 1.33. The van der Waals surface area contributed by atoms with Crippen LogP contribution in [0.3, 0.4) is 0 Å². The number of rotatable bonds is 0. The van der Waals surface area contributed by atoms with Crippen LogP contribution in [-0.4, -0.2) is 16.4 Å². The van der Waals surface area contributed by atoms with E-state index in [1.54, 1.807) is 0 Å². The number of aromatic nitrogens is 1. The Morgan fingerprint density at radius 2 is 2.15 bits per heavy atom. The number of fused-ring (bicyclic) bond motifs is 6. The van der Waals surface area contributed by atoms with Crippen molar-refractivity contribution in [1.29, 1.82) is 0 Å². The maximum Gasteiger partial charge on any atom is 0.109 e. The van der Waals surface area contributed by atoms with Crippen LogP contribution in [0, 0.1) is 0 Å². The predicted octanol–water partition coefficient (Wildman–Crippen LogP) is 3.42. The van der Waals surface area contributed by atoms with E-state index >= 15 is 0 Å². The van der Waals surface area contributed by atoms with E-state index in [0.717, 1.165) is 25.9 Å². The molecule has 4 heterocycles. The smallest absolute Gasteiger partial charge is 0.109 e. The Morgan fingerprint density at radius 1 is 1.20 bits per heavy atom. The lowest BCUT2D eigenvalue weighted by Gasteiger charge is -2.38. The van der Waals surface area contributed by atoms with Gasteiger partial charge in [-0.3, -0.25) is 4.90 Å². The molecule has 0 fully saturated rings. The zero-order valence-electron chi connectivity index (χ0n) is 11.2. The van der Waals surface area contributed by atoms with Crippen LogP contribution < -0.4 is 0 Å². The average molecular weight is 264 g/mol. The third-order valence-electron chi connectivity index (χ3n) is 4.87. The van der Waals surface area contributed by atoms with Crippen LogP contribution in [-0.2, 0) is 19.4 Å². The van der Waals surface area contributed by atoms with E-state index in [1.807, 2.05) is 6.26 Å². The van der Waals surface area contributed by atoms with Gasteiger partial charge in [0.2, 0.25) is 0 Å². The van der Waals surface area contributed by atoms with Crippen LogP contribution in [0.25, 0.3) is 10.9 Å². The number of hydrogen-bond donors (Lipinski definition) is 1. The lowest BCUT2D eigenvalue weighted by molar-refractivity contribution is 0.152. The van der Waals surface area contributed by atoms with Crippen LogP contribution in [0.2, 0.25) is 0 Å². The van der Waals surface area contributed by atoms with Crippen LogP contribution >= 0.6 is 0 Å². The number of furan rings is 1. The highest BCUT2D eigenvalue weighted by Crippen LogP contribution is 2.40. The standard InChI is InChI=1S/C17H16N2O/c1-2-4-14-11(3-1)13-9-16-12-6-8-20-17(12)5-7-19(16)10-15(13)18-14/h1-4,6,8,16,18H,5,7,9-10H2/t16-/m0/s1. The van der Waals surface area contributed by atoms with Gasteiger partial charge in [-0.05, 0) is 24.1 Å². The van der Waals surface area contributed by atoms with E-state index in [-0.39, 0.29) is 0 Å². The van der Waals surface area contributed by atoms with E-state index in [0.29, 0.717) is 6.04 Å². The van der Waals surface area contributed by atoms with Crippen molar-refractivity contribution in [3.63, 3.8) is 0 Å². The number of para-hydroxylation sites is 1. The highest BCUT2D eigenvalue weighted by atomic mass is 16.3. The number of hydrogen-bond acceptors (Lipinski definition) is 2. The van der Waals surface area contributed by atoms with E-state index in [1.165, 1.54) is 33.5 Å². The zero-order chi connectivity index (χ0) is 13.1. The van der Waals surface area contributed by atoms with Crippen molar-refractivity contribution in [2.75, 3.05) is 6.54 Å². The van der Waals surface area contributed by atoms with Crippen LogP contribution in [0.5, 0.6) is 0 Å². The minimum absolute atomic E-state index is 0.490. The minimum Gasteiger partial charge on any atom is -0.469 e. The molecule has 1 N–H and O–H groups in total. The molecule has 0 radical (unpaired) electrons. The first-order chi connectivity index (χ1) is 9.90. The molecule has 0 spiro atoms. The number of nitrogens with one attached hydrogen (secondary N) is 1. The molecule has 3 heteroatoms. The second-order valence-electron chi connectivity index (χ2n) is 5.87. The van der Waals surface area contributed by atoms with Crippen molar-refractivity contribution in [2.45, 2.75) is 25.4 Å². The fourth-order valence-corrected chi connectivity index (χ4v) is 3.90. The van der Waals surface area contributed by atoms with Crippen molar-refractivity contribution < 1.29 is 4.42 Å².